The molecule has 14 heterocycles. The van der Waals surface area contributed by atoms with E-state index in [1.54, 1.807) is 6.92 Å². The average Bonchev–Trinajstić information content (AvgIpc) is 1.58. The Morgan fingerprint density at radius 1 is 0.582 bits per heavy atom. The van der Waals surface area contributed by atoms with E-state index >= 15 is 0 Å². The predicted octanol–water partition coefficient (Wildman–Crippen LogP) is 4.70. The SMILES string of the molecule is CC(=O)NCCCO[C@H]1C2O[C@H]3[C@H](O)[C@@H](O)[C@@H](CCCOC([C@@H](CO)O2)[C@@H]1O)O[C@@H]3CO.CCC(=O)NCCCO[C@H]1C2CCCO[C@H]3[C@H](O)[C@@H](O)[C@@H](OC([C@@H](CO)O2)[C@@H]1O)O[C@@H]3CO.CCN1C(=CC=C2CCCC(C=CC3=[N+](C)c4ccc5ccccc5c4C3(C)C)=C2OC)C(C)(C)c2c1ccc1ccccc21. The lowest BCUT2D eigenvalue weighted by Gasteiger charge is -2.47. The molecule has 0 spiro atoms. The lowest BCUT2D eigenvalue weighted by molar-refractivity contribution is -0.401. The molecule has 15 aliphatic rings. The van der Waals surface area contributed by atoms with Crippen LogP contribution >= 0.6 is 0 Å². The van der Waals surface area contributed by atoms with Gasteiger partial charge in [0.1, 0.15) is 110 Å². The second-order valence-electron chi connectivity index (χ2n) is 30.7. The van der Waals surface area contributed by atoms with Crippen molar-refractivity contribution in [2.24, 2.45) is 0 Å². The summed E-state index contributed by atoms with van der Waals surface area (Å²) in [5.74, 6) is 0.795. The van der Waals surface area contributed by atoms with Crippen LogP contribution < -0.4 is 15.5 Å². The number of rotatable bonds is 20. The minimum atomic E-state index is -1.51. The summed E-state index contributed by atoms with van der Waals surface area (Å²) in [6, 6.07) is 26.7. The normalized spacial score (nSPS) is 33.4. The summed E-state index contributed by atoms with van der Waals surface area (Å²) in [6.07, 6.45) is -6.01. The number of hydrogen-bond donors (Lipinski definition) is 12. The minimum absolute atomic E-state index is 0.0597. The summed E-state index contributed by atoms with van der Waals surface area (Å²) in [4.78, 5) is 24.9. The Morgan fingerprint density at radius 3 is 1.75 bits per heavy atom. The highest BCUT2D eigenvalue weighted by Gasteiger charge is 2.55. The molecule has 27 heteroatoms. The molecule has 20 atom stereocenters. The molecule has 606 valence electrons. The lowest BCUT2D eigenvalue weighted by atomic mass is 9.78. The zero-order chi connectivity index (χ0) is 78.7. The van der Waals surface area contributed by atoms with E-state index in [9.17, 15) is 60.7 Å². The quantitative estimate of drug-likeness (QED) is 0.0421. The Bertz CT molecular complexity index is 3910. The molecule has 19 rings (SSSR count). The number of anilines is 1. The van der Waals surface area contributed by atoms with Crippen LogP contribution in [-0.4, -0.2) is 282 Å². The van der Waals surface area contributed by atoms with E-state index in [2.05, 4.69) is 159 Å². The fraction of sp³-hybridized carbons (Fsp3) is 0.627. The highest BCUT2D eigenvalue weighted by molar-refractivity contribution is 6.07. The summed E-state index contributed by atoms with van der Waals surface area (Å²) in [5, 5.41) is 114. The maximum absolute atomic E-state index is 11.4. The van der Waals surface area contributed by atoms with Crippen molar-refractivity contribution in [3.63, 3.8) is 0 Å². The largest absolute Gasteiger partial charge is 0.496 e. The lowest BCUT2D eigenvalue weighted by Crippen LogP contribution is -2.65. The molecule has 0 aromatic heterocycles. The first-order valence-electron chi connectivity index (χ1n) is 39.2. The van der Waals surface area contributed by atoms with Gasteiger partial charge < -0.3 is 119 Å². The Balaban J connectivity index is 0.000000168. The molecule has 4 unspecified atom stereocenters. The first-order chi connectivity index (χ1) is 52.9. The van der Waals surface area contributed by atoms with Gasteiger partial charge in [-0.2, -0.15) is 4.58 Å². The number of nitrogens with zero attached hydrogens (tertiary/aromatic N) is 2. The number of aliphatic hydroxyl groups excluding tert-OH is 10. The van der Waals surface area contributed by atoms with Crippen LogP contribution in [0.1, 0.15) is 124 Å². The molecule has 4 aromatic rings. The van der Waals surface area contributed by atoms with Gasteiger partial charge in [0, 0.05) is 93.9 Å². The van der Waals surface area contributed by atoms with Crippen LogP contribution in [-0.2, 0) is 72.5 Å². The number of likely N-dealkylation sites (N-methyl/N-ethyl adjacent to an activating group) is 1. The summed E-state index contributed by atoms with van der Waals surface area (Å²) in [6.45, 7) is 15.5. The molecule has 4 aromatic carbocycles. The maximum Gasteiger partial charge on any atom is 0.219 e. The van der Waals surface area contributed by atoms with Crippen LogP contribution in [0.15, 0.2) is 120 Å². The van der Waals surface area contributed by atoms with Gasteiger partial charge in [-0.3, -0.25) is 9.59 Å². The van der Waals surface area contributed by atoms with Crippen molar-refractivity contribution in [3.8, 4) is 0 Å². The molecule has 8 bridgehead atoms. The fourth-order valence-electron chi connectivity index (χ4n) is 17.2. The molecular formula is C83H117N4O23+. The van der Waals surface area contributed by atoms with E-state index in [4.69, 9.17) is 52.1 Å². The van der Waals surface area contributed by atoms with Crippen molar-refractivity contribution < 1.29 is 117 Å². The van der Waals surface area contributed by atoms with Crippen LogP contribution in [0.3, 0.4) is 0 Å². The molecule has 0 radical (unpaired) electrons. The third kappa shape index (κ3) is 18.3. The second kappa shape index (κ2) is 38.3. The zero-order valence-corrected chi connectivity index (χ0v) is 64.8. The first kappa shape index (κ1) is 84.7. The van der Waals surface area contributed by atoms with Crippen molar-refractivity contribution in [1.29, 1.82) is 0 Å². The number of methoxy groups -OCH3 is 1. The van der Waals surface area contributed by atoms with E-state index < -0.39 is 149 Å². The molecule has 27 nitrogen and oxygen atoms in total. The first-order valence-corrected chi connectivity index (χ1v) is 39.2. The number of nitrogens with one attached hydrogen (secondary N) is 2. The van der Waals surface area contributed by atoms with Crippen LogP contribution in [0.2, 0.25) is 0 Å². The molecule has 14 aliphatic heterocycles. The number of amides is 2. The van der Waals surface area contributed by atoms with Gasteiger partial charge in [-0.25, -0.2) is 0 Å². The van der Waals surface area contributed by atoms with E-state index in [1.165, 1.54) is 73.5 Å². The third-order valence-corrected chi connectivity index (χ3v) is 22.8. The van der Waals surface area contributed by atoms with Crippen LogP contribution in [0.5, 0.6) is 0 Å². The van der Waals surface area contributed by atoms with Crippen molar-refractivity contribution in [1.82, 2.24) is 10.6 Å². The van der Waals surface area contributed by atoms with Gasteiger partial charge in [0.2, 0.25) is 17.5 Å². The van der Waals surface area contributed by atoms with E-state index in [0.717, 1.165) is 31.6 Å². The summed E-state index contributed by atoms with van der Waals surface area (Å²) < 4.78 is 66.7. The number of fused-ring (bicyclic) bond motifs is 6. The van der Waals surface area contributed by atoms with Crippen LogP contribution in [0, 0.1) is 0 Å². The molecule has 12 fully saturated rings. The monoisotopic (exact) mass is 1540 g/mol. The van der Waals surface area contributed by atoms with Crippen LogP contribution in [0.4, 0.5) is 11.4 Å². The van der Waals surface area contributed by atoms with Gasteiger partial charge in [-0.05, 0) is 141 Å². The topological polar surface area (TPSA) is 368 Å². The summed E-state index contributed by atoms with van der Waals surface area (Å²) >= 11 is 0. The number of allylic oxidation sites excluding steroid dienone is 7. The molecule has 12 N–H and O–H groups in total. The molecule has 1 aliphatic carbocycles. The van der Waals surface area contributed by atoms with Gasteiger partial charge >= 0.3 is 0 Å². The van der Waals surface area contributed by atoms with Gasteiger partial charge in [0.05, 0.1) is 51.2 Å². The Hall–Kier alpha value is -6.23. The average molecular weight is 1540 g/mol. The number of carbonyl (C=O) groups is 2. The summed E-state index contributed by atoms with van der Waals surface area (Å²) in [7, 11) is 4.03. The fourth-order valence-corrected chi connectivity index (χ4v) is 17.2. The number of hydrogen-bond acceptors (Lipinski definition) is 24. The zero-order valence-electron chi connectivity index (χ0n) is 64.8. The van der Waals surface area contributed by atoms with E-state index in [1.807, 2.05) is 7.11 Å². The maximum atomic E-state index is 11.4. The molecule has 110 heavy (non-hydrogen) atoms. The van der Waals surface area contributed by atoms with Crippen molar-refractivity contribution in [3.05, 3.63) is 131 Å². The molecule has 0 saturated carbocycles. The molecular weight excluding hydrogens is 1420 g/mol. The van der Waals surface area contributed by atoms with Gasteiger partial charge in [-0.15, -0.1) is 0 Å². The van der Waals surface area contributed by atoms with E-state index in [-0.39, 0.29) is 49.1 Å². The highest BCUT2D eigenvalue weighted by atomic mass is 16.7. The van der Waals surface area contributed by atoms with E-state index in [0.29, 0.717) is 58.0 Å². The van der Waals surface area contributed by atoms with Crippen molar-refractivity contribution in [2.45, 2.75) is 246 Å². The third-order valence-electron chi connectivity index (χ3n) is 22.8. The number of carbonyl (C=O) groups excluding carboxylic acids is 2. The Kier molecular flexibility index (Phi) is 29.5. The smallest absolute Gasteiger partial charge is 0.219 e. The number of aliphatic hydroxyl groups is 10. The minimum Gasteiger partial charge on any atom is -0.496 e. The Morgan fingerprint density at radius 2 is 1.13 bits per heavy atom. The standard InChI is InChI=1S/C42H45N2O.C21H37NO11.C20H35NO11/c1-8-44-35-25-21-29-15-10-12-19-33(29)39(35)42(4,5)37(44)27-23-31-17-13-16-30(40(31)45-7)22-26-36-41(2,3)38-32-18-11-9-14-28(32)20-24-34(38)43(36)6;1-2-14(25)22-6-4-8-30-18-11-5-3-7-29-19-12(9-23)32-21(16(27)15(19)26)33-20(17(18)28)13(10-24)31-11;1-10(24)21-5-3-7-29-19-16(27)17-12(8-22)31-20(19)32-18-13(9-23)30-11(4-2-6-28-17)14(25)15(18)26/h9-12,14-15,18-27H,8,13,16-17H2,1-7H3;11-13,15-21,23-24,26-28H,2-10H2,1H3,(H,22,25);11-20,22-23,25-27H,2-9H2,1H3,(H,21,24)/q+1;;/t;11?,12-,13-,15-,16-,17-,18+,19-,20?,21-;11-,12-,13-,14+,15-,16+,17?,18-,19-,20?/m.11/s1. The Labute approximate surface area is 644 Å². The van der Waals surface area contributed by atoms with Crippen molar-refractivity contribution in [2.75, 3.05) is 91.5 Å². The number of benzene rings is 4. The predicted molar refractivity (Wildman–Crippen MR) is 408 cm³/mol. The molecule has 2 amide bonds. The van der Waals surface area contributed by atoms with Crippen LogP contribution in [0.25, 0.3) is 21.5 Å². The second-order valence-corrected chi connectivity index (χ2v) is 30.7. The van der Waals surface area contributed by atoms with Gasteiger partial charge in [0.25, 0.3) is 0 Å². The molecule has 12 saturated heterocycles. The van der Waals surface area contributed by atoms with Gasteiger partial charge in [-0.1, -0.05) is 81.4 Å². The highest BCUT2D eigenvalue weighted by Crippen LogP contribution is 2.51. The summed E-state index contributed by atoms with van der Waals surface area (Å²) in [5.41, 5.74) is 10.5. The van der Waals surface area contributed by atoms with Crippen molar-refractivity contribution >= 4 is 50.4 Å². The number of ether oxygens (including phenoxy) is 11. The van der Waals surface area contributed by atoms with Gasteiger partial charge in [0.15, 0.2) is 18.3 Å².